The number of carbonyl (C=O) groups excluding carboxylic acids is 1. The molecule has 2 fully saturated rings. The van der Waals surface area contributed by atoms with Crippen LogP contribution in [0, 0.1) is 5.92 Å². The van der Waals surface area contributed by atoms with Crippen LogP contribution in [-0.2, 0) is 26.5 Å². The van der Waals surface area contributed by atoms with Gasteiger partial charge in [-0.15, -0.1) is 11.3 Å². The Morgan fingerprint density at radius 2 is 1.81 bits per heavy atom. The van der Waals surface area contributed by atoms with Gasteiger partial charge in [-0.05, 0) is 49.1 Å². The Morgan fingerprint density at radius 1 is 1.08 bits per heavy atom. The third kappa shape index (κ3) is 4.97. The van der Waals surface area contributed by atoms with Crippen molar-refractivity contribution in [2.75, 3.05) is 26.3 Å². The maximum Gasteiger partial charge on any atom is 0.264 e. The monoisotopic (exact) mass is 529 g/mol. The Hall–Kier alpha value is -2.23. The highest BCUT2D eigenvalue weighted by molar-refractivity contribution is 7.93. The standard InChI is InChI=1S/C27H35N3O4S2/c1-27(2,3)26-28-21-17-20(9-10-22(21)30(26)18-19-7-5-4-6-8-19)36(32,33)24-12-11-23(35-24)25(31)29-13-15-34-16-14-29/h9-12,17,19H,4-8,13-16,18H2,1-3H3. The highest BCUT2D eigenvalue weighted by Crippen LogP contribution is 2.34. The molecule has 0 unspecified atom stereocenters. The average Bonchev–Trinajstić information content (AvgIpc) is 3.51. The van der Waals surface area contributed by atoms with Crippen LogP contribution in [0.5, 0.6) is 0 Å². The molecule has 1 aromatic carbocycles. The summed E-state index contributed by atoms with van der Waals surface area (Å²) in [5, 5.41) is 0. The molecule has 7 nitrogen and oxygen atoms in total. The Kier molecular flexibility index (Phi) is 7.00. The quantitative estimate of drug-likeness (QED) is 0.449. The molecule has 2 aromatic heterocycles. The molecule has 0 N–H and O–H groups in total. The van der Waals surface area contributed by atoms with Crippen LogP contribution in [0.3, 0.4) is 0 Å². The fourth-order valence-corrected chi connectivity index (χ4v) is 7.98. The molecule has 3 heterocycles. The third-order valence-corrected chi connectivity index (χ3v) is 10.5. The predicted octanol–water partition coefficient (Wildman–Crippen LogP) is 5.28. The minimum Gasteiger partial charge on any atom is -0.378 e. The van der Waals surface area contributed by atoms with Gasteiger partial charge in [0.1, 0.15) is 10.0 Å². The SMILES string of the molecule is CC(C)(C)c1nc2cc(S(=O)(=O)c3ccc(C(=O)N4CCOCC4)s3)ccc2n1CC1CCCCC1. The van der Waals surface area contributed by atoms with Gasteiger partial charge >= 0.3 is 0 Å². The number of amides is 1. The first-order chi connectivity index (χ1) is 17.1. The van der Waals surface area contributed by atoms with Crippen molar-refractivity contribution in [1.29, 1.82) is 0 Å². The van der Waals surface area contributed by atoms with Crippen LogP contribution >= 0.6 is 11.3 Å². The van der Waals surface area contributed by atoms with Gasteiger partial charge in [0.25, 0.3) is 5.91 Å². The number of hydrogen-bond acceptors (Lipinski definition) is 6. The Labute approximate surface area is 217 Å². The van der Waals surface area contributed by atoms with Gasteiger partial charge in [0.15, 0.2) is 0 Å². The minimum absolute atomic E-state index is 0.142. The number of thiophene rings is 1. The summed E-state index contributed by atoms with van der Waals surface area (Å²) in [7, 11) is -3.77. The van der Waals surface area contributed by atoms with Crippen LogP contribution in [-0.4, -0.2) is 55.1 Å². The van der Waals surface area contributed by atoms with Crippen LogP contribution in [0.2, 0.25) is 0 Å². The van der Waals surface area contributed by atoms with Gasteiger partial charge in [0.05, 0.1) is 34.0 Å². The van der Waals surface area contributed by atoms with Gasteiger partial charge in [-0.25, -0.2) is 13.4 Å². The number of nitrogens with zero attached hydrogens (tertiary/aromatic N) is 3. The number of carbonyl (C=O) groups is 1. The normalized spacial score (nSPS) is 18.1. The summed E-state index contributed by atoms with van der Waals surface area (Å²) in [6.07, 6.45) is 6.35. The molecule has 1 saturated carbocycles. The van der Waals surface area contributed by atoms with Crippen molar-refractivity contribution >= 4 is 38.1 Å². The molecule has 36 heavy (non-hydrogen) atoms. The molecule has 3 aromatic rings. The van der Waals surface area contributed by atoms with E-state index in [1.165, 1.54) is 32.1 Å². The van der Waals surface area contributed by atoms with E-state index in [9.17, 15) is 13.2 Å². The summed E-state index contributed by atoms with van der Waals surface area (Å²) in [6.45, 7) is 9.45. The number of imidazole rings is 1. The Balaban J connectivity index is 1.46. The number of rotatable bonds is 5. The van der Waals surface area contributed by atoms with E-state index in [1.807, 2.05) is 6.07 Å². The molecule has 5 rings (SSSR count). The van der Waals surface area contributed by atoms with Gasteiger partial charge < -0.3 is 14.2 Å². The summed E-state index contributed by atoms with van der Waals surface area (Å²) in [4.78, 5) is 20.1. The van der Waals surface area contributed by atoms with Gasteiger partial charge in [0.2, 0.25) is 9.84 Å². The van der Waals surface area contributed by atoms with Gasteiger partial charge in [0, 0.05) is 25.0 Å². The number of hydrogen-bond donors (Lipinski definition) is 0. The number of morpholine rings is 1. The second-order valence-electron chi connectivity index (χ2n) is 11.0. The molecule has 2 aliphatic rings. The van der Waals surface area contributed by atoms with Crippen LogP contribution in [0.15, 0.2) is 39.4 Å². The Bertz CT molecular complexity index is 1360. The number of fused-ring (bicyclic) bond motifs is 1. The lowest BCUT2D eigenvalue weighted by Crippen LogP contribution is -2.40. The van der Waals surface area contributed by atoms with E-state index in [2.05, 4.69) is 25.3 Å². The van der Waals surface area contributed by atoms with Crippen molar-refractivity contribution in [2.45, 2.75) is 73.9 Å². The number of benzene rings is 1. The molecule has 194 valence electrons. The number of ether oxygens (including phenoxy) is 1. The summed E-state index contributed by atoms with van der Waals surface area (Å²) in [6, 6.07) is 8.44. The van der Waals surface area contributed by atoms with Crippen molar-refractivity contribution in [3.05, 3.63) is 41.0 Å². The zero-order chi connectivity index (χ0) is 25.5. The molecule has 0 spiro atoms. The molecule has 1 aliphatic heterocycles. The zero-order valence-electron chi connectivity index (χ0n) is 21.3. The summed E-state index contributed by atoms with van der Waals surface area (Å²) in [5.41, 5.74) is 1.53. The van der Waals surface area contributed by atoms with Crippen LogP contribution in [0.25, 0.3) is 11.0 Å². The lowest BCUT2D eigenvalue weighted by Gasteiger charge is -2.26. The zero-order valence-corrected chi connectivity index (χ0v) is 23.0. The molecule has 1 saturated heterocycles. The molecule has 9 heteroatoms. The smallest absolute Gasteiger partial charge is 0.264 e. The van der Waals surface area contributed by atoms with E-state index < -0.39 is 9.84 Å². The molecule has 0 bridgehead atoms. The number of sulfone groups is 1. The minimum atomic E-state index is -3.77. The van der Waals surface area contributed by atoms with Crippen molar-refractivity contribution in [3.8, 4) is 0 Å². The highest BCUT2D eigenvalue weighted by Gasteiger charge is 2.28. The van der Waals surface area contributed by atoms with E-state index in [1.54, 1.807) is 29.2 Å². The van der Waals surface area contributed by atoms with Gasteiger partial charge in [-0.2, -0.15) is 0 Å². The first-order valence-corrected chi connectivity index (χ1v) is 15.2. The Morgan fingerprint density at radius 3 is 2.50 bits per heavy atom. The summed E-state index contributed by atoms with van der Waals surface area (Å²) >= 11 is 1.03. The predicted molar refractivity (Wildman–Crippen MR) is 142 cm³/mol. The molecular formula is C27H35N3O4S2. The summed E-state index contributed by atoms with van der Waals surface area (Å²) < 4.78 is 34.9. The van der Waals surface area contributed by atoms with Crippen LogP contribution in [0.4, 0.5) is 0 Å². The molecular weight excluding hydrogens is 494 g/mol. The van der Waals surface area contributed by atoms with E-state index in [0.29, 0.717) is 42.6 Å². The van der Waals surface area contributed by atoms with Crippen LogP contribution < -0.4 is 0 Å². The molecule has 1 aliphatic carbocycles. The average molecular weight is 530 g/mol. The fraction of sp³-hybridized carbons (Fsp3) is 0.556. The van der Waals surface area contributed by atoms with Crippen LogP contribution in [0.1, 0.15) is 68.4 Å². The van der Waals surface area contributed by atoms with Crippen molar-refractivity contribution in [2.24, 2.45) is 5.92 Å². The lowest BCUT2D eigenvalue weighted by molar-refractivity contribution is 0.0306. The van der Waals surface area contributed by atoms with Crippen molar-refractivity contribution < 1.29 is 17.9 Å². The van der Waals surface area contributed by atoms with E-state index >= 15 is 0 Å². The maximum atomic E-state index is 13.5. The van der Waals surface area contributed by atoms with Gasteiger partial charge in [-0.1, -0.05) is 40.0 Å². The van der Waals surface area contributed by atoms with Crippen molar-refractivity contribution in [3.63, 3.8) is 0 Å². The first-order valence-electron chi connectivity index (χ1n) is 12.9. The molecule has 1 amide bonds. The van der Waals surface area contributed by atoms with Gasteiger partial charge in [-0.3, -0.25) is 4.79 Å². The van der Waals surface area contributed by atoms with E-state index in [0.717, 1.165) is 29.2 Å². The second-order valence-corrected chi connectivity index (χ2v) is 14.2. The second kappa shape index (κ2) is 9.91. The largest absolute Gasteiger partial charge is 0.378 e. The fourth-order valence-electron chi connectivity index (χ4n) is 5.28. The third-order valence-electron chi connectivity index (χ3n) is 7.22. The summed E-state index contributed by atoms with van der Waals surface area (Å²) in [5.74, 6) is 1.48. The first kappa shape index (κ1) is 25.4. The lowest BCUT2D eigenvalue weighted by atomic mass is 9.88. The topological polar surface area (TPSA) is 81.5 Å². The highest BCUT2D eigenvalue weighted by atomic mass is 32.2. The maximum absolute atomic E-state index is 13.5. The van der Waals surface area contributed by atoms with E-state index in [-0.39, 0.29) is 20.4 Å². The van der Waals surface area contributed by atoms with E-state index in [4.69, 9.17) is 9.72 Å². The number of aromatic nitrogens is 2. The molecule has 0 atom stereocenters. The molecule has 0 radical (unpaired) electrons. The van der Waals surface area contributed by atoms with Crippen molar-refractivity contribution in [1.82, 2.24) is 14.5 Å².